The Morgan fingerprint density at radius 2 is 1.20 bits per heavy atom. The van der Waals surface area contributed by atoms with Crippen molar-refractivity contribution in [3.8, 4) is 0 Å². The van der Waals surface area contributed by atoms with Crippen molar-refractivity contribution in [1.82, 2.24) is 0 Å². The van der Waals surface area contributed by atoms with Crippen LogP contribution >= 0.6 is 0 Å². The zero-order chi connectivity index (χ0) is 10.7. The maximum absolute atomic E-state index is 2.34. The Morgan fingerprint density at radius 1 is 0.733 bits per heavy atom. The number of rotatable bonds is 2. The molecule has 2 aromatic carbocycles. The van der Waals surface area contributed by atoms with Crippen LogP contribution in [0.2, 0.25) is 0 Å². The molecule has 0 aliphatic rings. The summed E-state index contributed by atoms with van der Waals surface area (Å²) < 4.78 is 3.15. The summed E-state index contributed by atoms with van der Waals surface area (Å²) in [6, 6.07) is 17.9. The molecule has 0 radical (unpaired) electrons. The molecule has 0 N–H and O–H groups in total. The maximum atomic E-state index is 2.34. The third-order valence-corrected chi connectivity index (χ3v) is 6.13. The van der Waals surface area contributed by atoms with Crippen molar-refractivity contribution in [3.05, 3.63) is 59.7 Å². The Balaban J connectivity index is 2.22. The molecule has 0 saturated heterocycles. The van der Waals surface area contributed by atoms with Gasteiger partial charge in [0.15, 0.2) is 0 Å². The van der Waals surface area contributed by atoms with E-state index in [9.17, 15) is 0 Å². The topological polar surface area (TPSA) is 0 Å². The van der Waals surface area contributed by atoms with Crippen LogP contribution in [0.25, 0.3) is 0 Å². The Labute approximate surface area is 98.9 Å². The van der Waals surface area contributed by atoms with Gasteiger partial charge in [-0.2, -0.15) is 0 Å². The Hall–Kier alpha value is -0.937. The molecule has 0 heterocycles. The van der Waals surface area contributed by atoms with E-state index in [-0.39, 0.29) is 0 Å². The molecule has 0 amide bonds. The molecule has 72 valence electrons. The molecule has 2 aromatic rings. The first-order chi connectivity index (χ1) is 7.24. The van der Waals surface area contributed by atoms with Gasteiger partial charge in [-0.3, -0.25) is 0 Å². The summed E-state index contributed by atoms with van der Waals surface area (Å²) in [5.41, 5.74) is 2.76. The van der Waals surface area contributed by atoms with Gasteiger partial charge in [0.1, 0.15) is 0 Å². The van der Waals surface area contributed by atoms with Crippen molar-refractivity contribution in [2.24, 2.45) is 0 Å². The zero-order valence-electron chi connectivity index (χ0n) is 9.33. The van der Waals surface area contributed by atoms with Crippen molar-refractivity contribution in [2.45, 2.75) is 13.8 Å². The van der Waals surface area contributed by atoms with Crippen molar-refractivity contribution in [1.29, 1.82) is 0 Å². The molecule has 2 rings (SSSR count). The van der Waals surface area contributed by atoms with Gasteiger partial charge in [-0.1, -0.05) is 0 Å². The fourth-order valence-electron chi connectivity index (χ4n) is 1.88. The molecule has 15 heavy (non-hydrogen) atoms. The molecule has 0 nitrogen and oxygen atoms in total. The van der Waals surface area contributed by atoms with Gasteiger partial charge in [0, 0.05) is 0 Å². The van der Waals surface area contributed by atoms with E-state index in [1.807, 2.05) is 0 Å². The second-order valence-electron chi connectivity index (χ2n) is 4.15. The van der Waals surface area contributed by atoms with Crippen molar-refractivity contribution < 1.29 is 17.1 Å². The fraction of sp³-hybridized carbons (Fsp3) is 0.143. The summed E-state index contributed by atoms with van der Waals surface area (Å²) >= 11 is -0.735. The van der Waals surface area contributed by atoms with Crippen LogP contribution in [0.5, 0.6) is 0 Å². The molecule has 0 bridgehead atoms. The molecule has 0 spiro atoms. The molecular weight excluding hydrogens is 234 g/mol. The number of benzene rings is 2. The van der Waals surface area contributed by atoms with Crippen LogP contribution in [0.3, 0.4) is 0 Å². The first-order valence-electron chi connectivity index (χ1n) is 5.35. The molecule has 0 aromatic heterocycles. The minimum atomic E-state index is -0.735. The zero-order valence-corrected chi connectivity index (χ0v) is 12.3. The van der Waals surface area contributed by atoms with Gasteiger partial charge in [0.2, 0.25) is 0 Å². The Kier molecular flexibility index (Phi) is 3.33. The van der Waals surface area contributed by atoms with Crippen LogP contribution < -0.4 is 8.32 Å². The standard InChI is InChI=1S/2C7H7.Zn/c2*1-7-5-3-2-4-6-7;/h2*2-3,5-6H,1H3;. The molecule has 0 saturated carbocycles. The number of hydrogen-bond acceptors (Lipinski definition) is 0. The SMILES string of the molecule is Cc1ccc[c]([Zn][c]2cccc(C)c2)c1. The minimum absolute atomic E-state index is 0.735. The van der Waals surface area contributed by atoms with E-state index in [1.165, 1.54) is 11.1 Å². The van der Waals surface area contributed by atoms with E-state index >= 15 is 0 Å². The molecular formula is C14H14Zn. The van der Waals surface area contributed by atoms with Gasteiger partial charge in [-0.05, 0) is 0 Å². The van der Waals surface area contributed by atoms with Crippen LogP contribution in [0.1, 0.15) is 11.1 Å². The molecule has 0 aliphatic heterocycles. The average Bonchev–Trinajstić information content (AvgIpc) is 2.17. The van der Waals surface area contributed by atoms with E-state index in [2.05, 4.69) is 62.4 Å². The average molecular weight is 248 g/mol. The van der Waals surface area contributed by atoms with Crippen molar-refractivity contribution in [3.63, 3.8) is 0 Å². The van der Waals surface area contributed by atoms with Crippen LogP contribution in [-0.2, 0) is 17.1 Å². The van der Waals surface area contributed by atoms with Crippen LogP contribution in [0.4, 0.5) is 0 Å². The molecule has 1 heteroatoms. The predicted molar refractivity (Wildman–Crippen MR) is 61.6 cm³/mol. The monoisotopic (exact) mass is 246 g/mol. The van der Waals surface area contributed by atoms with Gasteiger partial charge in [0.05, 0.1) is 0 Å². The van der Waals surface area contributed by atoms with Gasteiger partial charge in [-0.15, -0.1) is 0 Å². The normalized spacial score (nSPS) is 9.73. The van der Waals surface area contributed by atoms with Gasteiger partial charge < -0.3 is 0 Å². The van der Waals surface area contributed by atoms with Gasteiger partial charge in [0.25, 0.3) is 0 Å². The third-order valence-electron chi connectivity index (χ3n) is 2.57. The van der Waals surface area contributed by atoms with Crippen LogP contribution in [-0.4, -0.2) is 0 Å². The summed E-state index contributed by atoms with van der Waals surface area (Å²) in [7, 11) is 0. The fourth-order valence-corrected chi connectivity index (χ4v) is 5.71. The predicted octanol–water partition coefficient (Wildman–Crippen LogP) is 2.34. The summed E-state index contributed by atoms with van der Waals surface area (Å²) in [5.74, 6) is 0. The van der Waals surface area contributed by atoms with E-state index < -0.39 is 17.1 Å². The van der Waals surface area contributed by atoms with Crippen molar-refractivity contribution >= 4 is 8.32 Å². The van der Waals surface area contributed by atoms with E-state index in [1.54, 1.807) is 8.32 Å². The first-order valence-corrected chi connectivity index (χ1v) is 8.32. The molecule has 0 atom stereocenters. The first kappa shape index (κ1) is 10.6. The summed E-state index contributed by atoms with van der Waals surface area (Å²) in [4.78, 5) is 0. The Bertz CT molecular complexity index is 417. The second-order valence-corrected chi connectivity index (χ2v) is 8.32. The second kappa shape index (κ2) is 4.72. The summed E-state index contributed by atoms with van der Waals surface area (Å²) in [6.07, 6.45) is 0. The molecule has 0 aliphatic carbocycles. The number of hydrogen-bond donors (Lipinski definition) is 0. The van der Waals surface area contributed by atoms with E-state index in [4.69, 9.17) is 0 Å². The van der Waals surface area contributed by atoms with Gasteiger partial charge >= 0.3 is 98.9 Å². The Morgan fingerprint density at radius 3 is 1.60 bits per heavy atom. The third kappa shape index (κ3) is 3.01. The molecule has 0 unspecified atom stereocenters. The van der Waals surface area contributed by atoms with E-state index in [0.717, 1.165) is 0 Å². The molecule has 0 fully saturated rings. The van der Waals surface area contributed by atoms with Crippen LogP contribution in [0, 0.1) is 13.8 Å². The summed E-state index contributed by atoms with van der Waals surface area (Å²) in [5, 5.41) is 0. The number of aryl methyl sites for hydroxylation is 2. The summed E-state index contributed by atoms with van der Waals surface area (Å²) in [6.45, 7) is 4.34. The van der Waals surface area contributed by atoms with Crippen LogP contribution in [0.15, 0.2) is 48.5 Å². The van der Waals surface area contributed by atoms with Crippen molar-refractivity contribution in [2.75, 3.05) is 0 Å². The quantitative estimate of drug-likeness (QED) is 0.715. The van der Waals surface area contributed by atoms with Gasteiger partial charge in [-0.25, -0.2) is 0 Å². The van der Waals surface area contributed by atoms with E-state index in [0.29, 0.717) is 0 Å².